The molecule has 0 aliphatic carbocycles. The quantitative estimate of drug-likeness (QED) is 0.467. The van der Waals surface area contributed by atoms with Crippen LogP contribution >= 0.6 is 11.6 Å². The summed E-state index contributed by atoms with van der Waals surface area (Å²) in [6.07, 6.45) is 6.33. The topological polar surface area (TPSA) is 75.4 Å². The van der Waals surface area contributed by atoms with Crippen LogP contribution in [0.25, 0.3) is 11.4 Å². The molecule has 9 heteroatoms. The fraction of sp³-hybridized carbons (Fsp3) is 0.440. The Labute approximate surface area is 202 Å². The van der Waals surface area contributed by atoms with Gasteiger partial charge in [0.25, 0.3) is 0 Å². The Kier molecular flexibility index (Phi) is 6.87. The Bertz CT molecular complexity index is 1130. The van der Waals surface area contributed by atoms with Crippen molar-refractivity contribution in [3.8, 4) is 11.4 Å². The van der Waals surface area contributed by atoms with Crippen LogP contribution in [0, 0.1) is 0 Å². The predicted octanol–water partition coefficient (Wildman–Crippen LogP) is 4.50. The monoisotopic (exact) mass is 483 g/mol. The van der Waals surface area contributed by atoms with Gasteiger partial charge in [0.2, 0.25) is 11.7 Å². The predicted molar refractivity (Wildman–Crippen MR) is 128 cm³/mol. The van der Waals surface area contributed by atoms with Crippen molar-refractivity contribution < 1.29 is 13.7 Å². The van der Waals surface area contributed by atoms with Crippen molar-refractivity contribution in [3.63, 3.8) is 0 Å². The van der Waals surface area contributed by atoms with E-state index in [4.69, 9.17) is 16.1 Å². The van der Waals surface area contributed by atoms with Crippen molar-refractivity contribution in [3.05, 3.63) is 59.2 Å². The van der Waals surface area contributed by atoms with Crippen LogP contribution in [0.4, 0.5) is 10.1 Å². The smallest absolute Gasteiger partial charge is 0.230 e. The number of carbonyl (C=O) groups excluding carboxylic acids is 1. The normalized spacial score (nSPS) is 18.9. The molecule has 0 radical (unpaired) electrons. The van der Waals surface area contributed by atoms with E-state index in [0.29, 0.717) is 23.3 Å². The van der Waals surface area contributed by atoms with Gasteiger partial charge in [-0.05, 0) is 62.7 Å². The molecule has 1 fully saturated rings. The van der Waals surface area contributed by atoms with Crippen LogP contribution in [-0.4, -0.2) is 65.2 Å². The molecule has 1 saturated heterocycles. The molecular formula is C25H27ClFN5O2. The van der Waals surface area contributed by atoms with Gasteiger partial charge in [-0.1, -0.05) is 28.9 Å². The molecule has 2 aromatic heterocycles. The summed E-state index contributed by atoms with van der Waals surface area (Å²) in [5, 5.41) is 4.76. The molecule has 2 aliphatic heterocycles. The first kappa shape index (κ1) is 22.9. The minimum atomic E-state index is -0.941. The minimum absolute atomic E-state index is 0.274. The number of fused-ring (bicyclic) bond motifs is 1. The molecule has 0 spiro atoms. The number of hydrogen-bond acceptors (Lipinski definition) is 7. The Morgan fingerprint density at radius 3 is 2.71 bits per heavy atom. The maximum absolute atomic E-state index is 13.1. The number of anilines is 1. The molecule has 4 heterocycles. The first-order valence-electron chi connectivity index (χ1n) is 11.7. The lowest BCUT2D eigenvalue weighted by atomic mass is 9.96. The molecule has 0 saturated carbocycles. The van der Waals surface area contributed by atoms with Crippen molar-refractivity contribution in [2.45, 2.75) is 31.1 Å². The van der Waals surface area contributed by atoms with Gasteiger partial charge in [-0.3, -0.25) is 9.78 Å². The second kappa shape index (κ2) is 10.2. The van der Waals surface area contributed by atoms with Crippen LogP contribution in [0.5, 0.6) is 0 Å². The third-order valence-corrected chi connectivity index (χ3v) is 7.16. The molecule has 1 unspecified atom stereocenters. The van der Waals surface area contributed by atoms with Gasteiger partial charge in [-0.25, -0.2) is 4.39 Å². The third-order valence-electron chi connectivity index (χ3n) is 6.85. The highest BCUT2D eigenvalue weighted by molar-refractivity contribution is 6.33. The third kappa shape index (κ3) is 4.70. The number of aromatic nitrogens is 3. The van der Waals surface area contributed by atoms with E-state index in [1.807, 2.05) is 30.3 Å². The van der Waals surface area contributed by atoms with Crippen molar-refractivity contribution in [1.29, 1.82) is 0 Å². The molecule has 5 rings (SSSR count). The number of piperidine rings is 1. The fourth-order valence-electron chi connectivity index (χ4n) is 5.04. The molecule has 7 nitrogen and oxygen atoms in total. The zero-order valence-electron chi connectivity index (χ0n) is 18.9. The van der Waals surface area contributed by atoms with Gasteiger partial charge in [0.1, 0.15) is 6.67 Å². The number of ketones is 1. The summed E-state index contributed by atoms with van der Waals surface area (Å²) in [5.74, 6) is 0.783. The molecule has 0 amide bonds. The van der Waals surface area contributed by atoms with Gasteiger partial charge in [0.05, 0.1) is 16.6 Å². The largest absolute Gasteiger partial charge is 0.369 e. The fourth-order valence-corrected chi connectivity index (χ4v) is 5.34. The summed E-state index contributed by atoms with van der Waals surface area (Å²) in [4.78, 5) is 25.3. The maximum Gasteiger partial charge on any atom is 0.230 e. The SMILES string of the molecule is O=C(CF)C1CN(CCCN2CCC(c3nc(-c4ccncc4)no3)CC2)c2c(Cl)cccc21. The Morgan fingerprint density at radius 2 is 1.94 bits per heavy atom. The summed E-state index contributed by atoms with van der Waals surface area (Å²) in [7, 11) is 0. The van der Waals surface area contributed by atoms with Crippen LogP contribution in [0.1, 0.15) is 42.6 Å². The number of Topliss-reactive ketones (excluding diaryl/α,β-unsaturated/α-hetero) is 1. The first-order valence-corrected chi connectivity index (χ1v) is 12.1. The van der Waals surface area contributed by atoms with E-state index in [9.17, 15) is 9.18 Å². The van der Waals surface area contributed by atoms with E-state index in [-0.39, 0.29) is 11.7 Å². The lowest BCUT2D eigenvalue weighted by molar-refractivity contribution is -0.121. The average molecular weight is 484 g/mol. The highest BCUT2D eigenvalue weighted by Gasteiger charge is 2.34. The molecule has 0 bridgehead atoms. The van der Waals surface area contributed by atoms with Crippen LogP contribution in [0.2, 0.25) is 5.02 Å². The van der Waals surface area contributed by atoms with Gasteiger partial charge in [-0.2, -0.15) is 4.98 Å². The number of nitrogens with zero attached hydrogens (tertiary/aromatic N) is 5. The summed E-state index contributed by atoms with van der Waals surface area (Å²) in [6, 6.07) is 9.30. The zero-order valence-corrected chi connectivity index (χ0v) is 19.6. The molecule has 0 N–H and O–H groups in total. The number of likely N-dealkylation sites (tertiary alicyclic amines) is 1. The number of benzene rings is 1. The molecule has 178 valence electrons. The van der Waals surface area contributed by atoms with Crippen molar-refractivity contribution in [1.82, 2.24) is 20.0 Å². The van der Waals surface area contributed by atoms with Crippen molar-refractivity contribution >= 4 is 23.1 Å². The van der Waals surface area contributed by atoms with Gasteiger partial charge in [0.15, 0.2) is 5.78 Å². The van der Waals surface area contributed by atoms with E-state index in [0.717, 1.165) is 62.3 Å². The van der Waals surface area contributed by atoms with E-state index < -0.39 is 12.6 Å². The standard InChI is InChI=1S/C25H27ClFN5O2/c26-21-4-1-3-19-20(22(33)15-27)16-32(23(19)21)12-2-11-31-13-7-18(8-14-31)25-29-24(30-34-25)17-5-9-28-10-6-17/h1,3-6,9-10,18,20H,2,7-8,11-16H2. The summed E-state index contributed by atoms with van der Waals surface area (Å²) in [6.45, 7) is 3.24. The minimum Gasteiger partial charge on any atom is -0.369 e. The van der Waals surface area contributed by atoms with Crippen LogP contribution in [-0.2, 0) is 4.79 Å². The lowest BCUT2D eigenvalue weighted by Gasteiger charge is -2.31. The average Bonchev–Trinajstić information content (AvgIpc) is 3.51. The maximum atomic E-state index is 13.1. The Hall–Kier alpha value is -2.84. The molecule has 2 aliphatic rings. The van der Waals surface area contributed by atoms with Crippen molar-refractivity contribution in [2.75, 3.05) is 44.3 Å². The summed E-state index contributed by atoms with van der Waals surface area (Å²) < 4.78 is 18.6. The number of alkyl halides is 1. The summed E-state index contributed by atoms with van der Waals surface area (Å²) >= 11 is 6.44. The zero-order chi connectivity index (χ0) is 23.5. The number of carbonyl (C=O) groups is 1. The number of para-hydroxylation sites is 1. The van der Waals surface area contributed by atoms with Gasteiger partial charge >= 0.3 is 0 Å². The molecule has 34 heavy (non-hydrogen) atoms. The Balaban J connectivity index is 1.12. The second-order valence-electron chi connectivity index (χ2n) is 8.94. The Morgan fingerprint density at radius 1 is 1.15 bits per heavy atom. The number of rotatable bonds is 8. The number of hydrogen-bond donors (Lipinski definition) is 0. The molecular weight excluding hydrogens is 457 g/mol. The van der Waals surface area contributed by atoms with Gasteiger partial charge < -0.3 is 14.3 Å². The first-order chi connectivity index (χ1) is 16.6. The second-order valence-corrected chi connectivity index (χ2v) is 9.34. The highest BCUT2D eigenvalue weighted by atomic mass is 35.5. The van der Waals surface area contributed by atoms with E-state index in [1.165, 1.54) is 0 Å². The van der Waals surface area contributed by atoms with E-state index in [1.54, 1.807) is 12.4 Å². The van der Waals surface area contributed by atoms with Gasteiger partial charge in [-0.15, -0.1) is 0 Å². The van der Waals surface area contributed by atoms with E-state index >= 15 is 0 Å². The van der Waals surface area contributed by atoms with Crippen LogP contribution < -0.4 is 4.90 Å². The summed E-state index contributed by atoms with van der Waals surface area (Å²) in [5.41, 5.74) is 2.64. The number of pyridine rings is 1. The lowest BCUT2D eigenvalue weighted by Crippen LogP contribution is -2.35. The number of halogens is 2. The molecule has 1 aromatic carbocycles. The van der Waals surface area contributed by atoms with Crippen molar-refractivity contribution in [2.24, 2.45) is 0 Å². The van der Waals surface area contributed by atoms with Crippen LogP contribution in [0.15, 0.2) is 47.2 Å². The molecule has 1 atom stereocenters. The van der Waals surface area contributed by atoms with Crippen LogP contribution in [0.3, 0.4) is 0 Å². The molecule has 3 aromatic rings. The highest BCUT2D eigenvalue weighted by Crippen LogP contribution is 2.41. The van der Waals surface area contributed by atoms with Gasteiger partial charge in [0, 0.05) is 37.0 Å². The van der Waals surface area contributed by atoms with E-state index in [2.05, 4.69) is 24.9 Å².